The van der Waals surface area contributed by atoms with Gasteiger partial charge in [0.1, 0.15) is 0 Å². The Labute approximate surface area is 219 Å². The van der Waals surface area contributed by atoms with Crippen LogP contribution in [-0.2, 0) is 0 Å². The summed E-state index contributed by atoms with van der Waals surface area (Å²) in [5.74, 6) is 0. The van der Waals surface area contributed by atoms with E-state index in [1.165, 1.54) is 55.3 Å². The Bertz CT molecular complexity index is 1240. The highest BCUT2D eigenvalue weighted by molar-refractivity contribution is 5.88. The molecule has 5 aromatic carbocycles. The predicted molar refractivity (Wildman–Crippen MR) is 161 cm³/mol. The molecule has 0 nitrogen and oxygen atoms in total. The van der Waals surface area contributed by atoms with E-state index in [0.717, 1.165) is 0 Å². The number of hydrogen-bond donors (Lipinski definition) is 0. The fourth-order valence-corrected chi connectivity index (χ4v) is 3.73. The largest absolute Gasteiger partial charge is 0.0620 e. The minimum absolute atomic E-state index is 1.33. The lowest BCUT2D eigenvalue weighted by atomic mass is 10.0. The van der Waals surface area contributed by atoms with E-state index in [-0.39, 0.29) is 0 Å². The van der Waals surface area contributed by atoms with Crippen LogP contribution in [0.2, 0.25) is 0 Å². The monoisotopic (exact) mass is 474 g/mol. The van der Waals surface area contributed by atoms with E-state index in [0.29, 0.717) is 0 Å². The van der Waals surface area contributed by atoms with E-state index in [2.05, 4.69) is 165 Å². The second-order valence-electron chi connectivity index (χ2n) is 9.64. The lowest BCUT2D eigenvalue weighted by Crippen LogP contribution is -1.80. The van der Waals surface area contributed by atoms with E-state index >= 15 is 0 Å². The summed E-state index contributed by atoms with van der Waals surface area (Å²) in [7, 11) is 0. The molecule has 0 heterocycles. The molecule has 0 aromatic heterocycles. The normalized spacial score (nSPS) is 9.67. The Balaban J connectivity index is 0.000000173. The van der Waals surface area contributed by atoms with Crippen molar-refractivity contribution in [2.45, 2.75) is 55.4 Å². The molecule has 5 aromatic rings. The van der Waals surface area contributed by atoms with Gasteiger partial charge in [-0.25, -0.2) is 0 Å². The molecule has 0 amide bonds. The highest BCUT2D eigenvalue weighted by atomic mass is 14.0. The first kappa shape index (κ1) is 28.6. The second kappa shape index (κ2) is 14.7. The fourth-order valence-electron chi connectivity index (χ4n) is 3.73. The van der Waals surface area contributed by atoms with E-state index < -0.39 is 0 Å². The van der Waals surface area contributed by atoms with Gasteiger partial charge in [0.25, 0.3) is 0 Å². The molecule has 0 fully saturated rings. The third-order valence-corrected chi connectivity index (χ3v) is 6.18. The molecule has 0 unspecified atom stereocenters. The number of hydrogen-bond acceptors (Lipinski definition) is 0. The standard InChI is InChI=1S/C12H12.3C8H10/c1-9-5-3-8-12-10(2)6-4-7-11(9)12;1-7-3-5-8(2)6-4-7;1-7-4-3-5-8(2)6-7;1-7-5-3-4-6-8(7)2/h3-8H,1-2H3;3*3-6H,1-2H3. The van der Waals surface area contributed by atoms with Gasteiger partial charge in [0.05, 0.1) is 0 Å². The summed E-state index contributed by atoms with van der Waals surface area (Å²) >= 11 is 0. The summed E-state index contributed by atoms with van der Waals surface area (Å²) in [5.41, 5.74) is 10.8. The summed E-state index contributed by atoms with van der Waals surface area (Å²) in [6, 6.07) is 38.2. The Morgan fingerprint density at radius 3 is 0.917 bits per heavy atom. The Morgan fingerprint density at radius 2 is 0.611 bits per heavy atom. The molecule has 0 aliphatic carbocycles. The van der Waals surface area contributed by atoms with Gasteiger partial charge < -0.3 is 0 Å². The van der Waals surface area contributed by atoms with Crippen LogP contribution < -0.4 is 0 Å². The van der Waals surface area contributed by atoms with Crippen LogP contribution in [0.1, 0.15) is 44.5 Å². The maximum Gasteiger partial charge on any atom is -0.0152 e. The zero-order valence-corrected chi connectivity index (χ0v) is 23.4. The number of rotatable bonds is 0. The van der Waals surface area contributed by atoms with Gasteiger partial charge in [0.15, 0.2) is 0 Å². The summed E-state index contributed by atoms with van der Waals surface area (Å²) in [6.45, 7) is 17.0. The van der Waals surface area contributed by atoms with Crippen LogP contribution in [-0.4, -0.2) is 0 Å². The molecule has 0 bridgehead atoms. The van der Waals surface area contributed by atoms with Crippen molar-refractivity contribution in [3.8, 4) is 0 Å². The molecule has 0 radical (unpaired) electrons. The average molecular weight is 475 g/mol. The van der Waals surface area contributed by atoms with Crippen molar-refractivity contribution in [2.24, 2.45) is 0 Å². The first-order valence-corrected chi connectivity index (χ1v) is 12.7. The molecule has 5 rings (SSSR count). The minimum atomic E-state index is 1.33. The van der Waals surface area contributed by atoms with Crippen molar-refractivity contribution in [3.05, 3.63) is 154 Å². The Morgan fingerprint density at radius 1 is 0.278 bits per heavy atom. The third kappa shape index (κ3) is 9.92. The lowest BCUT2D eigenvalue weighted by Gasteiger charge is -2.03. The van der Waals surface area contributed by atoms with Gasteiger partial charge in [-0.1, -0.05) is 131 Å². The van der Waals surface area contributed by atoms with Gasteiger partial charge in [-0.15, -0.1) is 0 Å². The molecular weight excluding hydrogens is 432 g/mol. The molecule has 0 spiro atoms. The second-order valence-corrected chi connectivity index (χ2v) is 9.64. The highest BCUT2D eigenvalue weighted by Crippen LogP contribution is 2.20. The maximum atomic E-state index is 2.18. The SMILES string of the molecule is Cc1ccc(C)cc1.Cc1cccc(C)c1.Cc1cccc2c(C)cccc12.Cc1ccccc1C. The van der Waals surface area contributed by atoms with Crippen molar-refractivity contribution in [3.63, 3.8) is 0 Å². The summed E-state index contributed by atoms with van der Waals surface area (Å²) in [6.07, 6.45) is 0. The van der Waals surface area contributed by atoms with Gasteiger partial charge in [-0.2, -0.15) is 0 Å². The van der Waals surface area contributed by atoms with Gasteiger partial charge in [-0.05, 0) is 88.4 Å². The topological polar surface area (TPSA) is 0 Å². The van der Waals surface area contributed by atoms with Crippen LogP contribution in [0.15, 0.2) is 109 Å². The Hall–Kier alpha value is -3.64. The van der Waals surface area contributed by atoms with Gasteiger partial charge in [-0.3, -0.25) is 0 Å². The van der Waals surface area contributed by atoms with Crippen molar-refractivity contribution in [1.82, 2.24) is 0 Å². The lowest BCUT2D eigenvalue weighted by molar-refractivity contribution is 1.34. The van der Waals surface area contributed by atoms with E-state index in [1.807, 2.05) is 0 Å². The summed E-state index contributed by atoms with van der Waals surface area (Å²) < 4.78 is 0. The number of benzene rings is 5. The van der Waals surface area contributed by atoms with E-state index in [9.17, 15) is 0 Å². The third-order valence-electron chi connectivity index (χ3n) is 6.18. The Kier molecular flexibility index (Phi) is 11.7. The van der Waals surface area contributed by atoms with Crippen molar-refractivity contribution < 1.29 is 0 Å². The minimum Gasteiger partial charge on any atom is -0.0620 e. The molecule has 186 valence electrons. The average Bonchev–Trinajstić information content (AvgIpc) is 2.85. The first-order chi connectivity index (χ1) is 17.2. The van der Waals surface area contributed by atoms with Crippen LogP contribution in [0.4, 0.5) is 0 Å². The molecule has 0 aliphatic heterocycles. The molecule has 0 atom stereocenters. The van der Waals surface area contributed by atoms with Crippen LogP contribution in [0, 0.1) is 55.4 Å². The van der Waals surface area contributed by atoms with Crippen LogP contribution in [0.5, 0.6) is 0 Å². The van der Waals surface area contributed by atoms with Crippen LogP contribution in [0.3, 0.4) is 0 Å². The molecule has 0 saturated heterocycles. The quantitative estimate of drug-likeness (QED) is 0.209. The number of fused-ring (bicyclic) bond motifs is 1. The summed E-state index contributed by atoms with van der Waals surface area (Å²) in [4.78, 5) is 0. The zero-order chi connectivity index (χ0) is 26.5. The first-order valence-electron chi connectivity index (χ1n) is 12.7. The van der Waals surface area contributed by atoms with E-state index in [4.69, 9.17) is 0 Å². The molecular formula is C36H42. The van der Waals surface area contributed by atoms with E-state index in [1.54, 1.807) is 0 Å². The molecule has 0 N–H and O–H groups in total. The molecule has 0 aliphatic rings. The predicted octanol–water partition coefficient (Wildman–Crippen LogP) is 10.4. The van der Waals surface area contributed by atoms with Gasteiger partial charge in [0.2, 0.25) is 0 Å². The number of aryl methyl sites for hydroxylation is 8. The zero-order valence-electron chi connectivity index (χ0n) is 23.4. The maximum absolute atomic E-state index is 2.18. The van der Waals surface area contributed by atoms with Crippen LogP contribution in [0.25, 0.3) is 10.8 Å². The van der Waals surface area contributed by atoms with Crippen LogP contribution >= 0.6 is 0 Å². The smallest absolute Gasteiger partial charge is 0.0152 e. The molecule has 0 saturated carbocycles. The van der Waals surface area contributed by atoms with Gasteiger partial charge >= 0.3 is 0 Å². The van der Waals surface area contributed by atoms with Crippen molar-refractivity contribution in [2.75, 3.05) is 0 Å². The van der Waals surface area contributed by atoms with Crippen molar-refractivity contribution in [1.29, 1.82) is 0 Å². The fraction of sp³-hybridized carbons (Fsp3) is 0.222. The molecule has 36 heavy (non-hydrogen) atoms. The highest BCUT2D eigenvalue weighted by Gasteiger charge is 1.97. The van der Waals surface area contributed by atoms with Crippen molar-refractivity contribution >= 4 is 10.8 Å². The van der Waals surface area contributed by atoms with Gasteiger partial charge in [0, 0.05) is 0 Å². The summed E-state index contributed by atoms with van der Waals surface area (Å²) in [5, 5.41) is 2.75. The molecule has 0 heteroatoms.